The normalized spacial score (nSPS) is 12.8. The number of benzene rings is 1. The van der Waals surface area contributed by atoms with Gasteiger partial charge >= 0.3 is 0 Å². The van der Waals surface area contributed by atoms with Crippen molar-refractivity contribution >= 4 is 23.4 Å². The molecule has 0 amide bonds. The number of hydrogen-bond donors (Lipinski definition) is 2. The van der Waals surface area contributed by atoms with Gasteiger partial charge in [0.05, 0.1) is 5.02 Å². The fourth-order valence-corrected chi connectivity index (χ4v) is 2.77. The molecule has 0 radical (unpaired) electrons. The van der Waals surface area contributed by atoms with E-state index in [4.69, 9.17) is 16.7 Å². The molecule has 2 nitrogen and oxygen atoms in total. The molecule has 0 saturated carbocycles. The lowest BCUT2D eigenvalue weighted by atomic mass is 10.2. The molecule has 1 atom stereocenters. The SMILES string of the molecule is CNCc1cccc(Cl)c1SCC(C)CO. The van der Waals surface area contributed by atoms with Gasteiger partial charge in [0.25, 0.3) is 0 Å². The molecule has 0 aromatic heterocycles. The van der Waals surface area contributed by atoms with Crippen LogP contribution in [0.15, 0.2) is 23.1 Å². The van der Waals surface area contributed by atoms with Gasteiger partial charge in [-0.1, -0.05) is 30.7 Å². The highest BCUT2D eigenvalue weighted by molar-refractivity contribution is 7.99. The summed E-state index contributed by atoms with van der Waals surface area (Å²) in [6.07, 6.45) is 0. The first-order valence-corrected chi connectivity index (χ1v) is 6.71. The lowest BCUT2D eigenvalue weighted by Gasteiger charge is -2.12. The van der Waals surface area contributed by atoms with Crippen LogP contribution < -0.4 is 5.32 Å². The first-order valence-electron chi connectivity index (χ1n) is 5.34. The molecule has 0 heterocycles. The Hall–Kier alpha value is -0.220. The highest BCUT2D eigenvalue weighted by Gasteiger charge is 2.09. The Bertz CT molecular complexity index is 333. The minimum atomic E-state index is 0.221. The zero-order valence-corrected chi connectivity index (χ0v) is 11.2. The van der Waals surface area contributed by atoms with Gasteiger partial charge in [0.15, 0.2) is 0 Å². The van der Waals surface area contributed by atoms with E-state index in [2.05, 4.69) is 11.4 Å². The van der Waals surface area contributed by atoms with E-state index in [0.29, 0.717) is 5.92 Å². The molecule has 1 unspecified atom stereocenters. The summed E-state index contributed by atoms with van der Waals surface area (Å²) in [6, 6.07) is 5.95. The highest BCUT2D eigenvalue weighted by atomic mass is 35.5. The lowest BCUT2D eigenvalue weighted by Crippen LogP contribution is -2.08. The Balaban J connectivity index is 2.75. The molecule has 0 spiro atoms. The van der Waals surface area contributed by atoms with Crippen LogP contribution in [0.25, 0.3) is 0 Å². The predicted octanol–water partition coefficient (Wildman–Crippen LogP) is 2.78. The van der Waals surface area contributed by atoms with Crippen LogP contribution in [-0.4, -0.2) is 24.5 Å². The fourth-order valence-electron chi connectivity index (χ4n) is 1.32. The van der Waals surface area contributed by atoms with Gasteiger partial charge in [0.1, 0.15) is 0 Å². The molecule has 4 heteroatoms. The number of hydrogen-bond acceptors (Lipinski definition) is 3. The quantitative estimate of drug-likeness (QED) is 0.771. The number of halogens is 1. The predicted molar refractivity (Wildman–Crippen MR) is 71.2 cm³/mol. The third-order valence-electron chi connectivity index (χ3n) is 2.24. The summed E-state index contributed by atoms with van der Waals surface area (Å²) >= 11 is 7.90. The van der Waals surface area contributed by atoms with Crippen molar-refractivity contribution in [2.75, 3.05) is 19.4 Å². The van der Waals surface area contributed by atoms with Crippen LogP contribution in [0.2, 0.25) is 5.02 Å². The topological polar surface area (TPSA) is 32.3 Å². The highest BCUT2D eigenvalue weighted by Crippen LogP contribution is 2.31. The number of aliphatic hydroxyl groups is 1. The summed E-state index contributed by atoms with van der Waals surface area (Å²) in [4.78, 5) is 1.12. The molecule has 1 aromatic carbocycles. The van der Waals surface area contributed by atoms with Crippen molar-refractivity contribution in [1.82, 2.24) is 5.32 Å². The standard InChI is InChI=1S/C12H18ClNOS/c1-9(7-15)8-16-12-10(6-14-2)4-3-5-11(12)13/h3-5,9,14-15H,6-8H2,1-2H3. The van der Waals surface area contributed by atoms with Gasteiger partial charge in [-0.15, -0.1) is 11.8 Å². The van der Waals surface area contributed by atoms with Crippen LogP contribution in [0.3, 0.4) is 0 Å². The Labute approximate surface area is 106 Å². The molecule has 1 aromatic rings. The first-order chi connectivity index (χ1) is 7.69. The third-order valence-corrected chi connectivity index (χ3v) is 4.17. The molecule has 90 valence electrons. The Kier molecular flexibility index (Phi) is 6.21. The summed E-state index contributed by atoms with van der Waals surface area (Å²) < 4.78 is 0. The largest absolute Gasteiger partial charge is 0.396 e. The zero-order valence-electron chi connectivity index (χ0n) is 9.66. The van der Waals surface area contributed by atoms with Crippen molar-refractivity contribution in [2.45, 2.75) is 18.4 Å². The van der Waals surface area contributed by atoms with Crippen molar-refractivity contribution < 1.29 is 5.11 Å². The maximum Gasteiger partial charge on any atom is 0.0545 e. The van der Waals surface area contributed by atoms with Crippen molar-refractivity contribution in [3.8, 4) is 0 Å². The Morgan fingerprint density at radius 1 is 1.50 bits per heavy atom. The van der Waals surface area contributed by atoms with E-state index < -0.39 is 0 Å². The van der Waals surface area contributed by atoms with E-state index >= 15 is 0 Å². The molecule has 0 aliphatic heterocycles. The summed E-state index contributed by atoms with van der Waals surface area (Å²) in [7, 11) is 1.92. The van der Waals surface area contributed by atoms with Crippen molar-refractivity contribution in [3.05, 3.63) is 28.8 Å². The first kappa shape index (κ1) is 13.8. The van der Waals surface area contributed by atoms with Crippen LogP contribution in [0.5, 0.6) is 0 Å². The second-order valence-electron chi connectivity index (χ2n) is 3.86. The van der Waals surface area contributed by atoms with Crippen LogP contribution in [0, 0.1) is 5.92 Å². The molecular weight excluding hydrogens is 242 g/mol. The molecule has 0 fully saturated rings. The van der Waals surface area contributed by atoms with E-state index in [1.165, 1.54) is 5.56 Å². The van der Waals surface area contributed by atoms with E-state index in [1.54, 1.807) is 11.8 Å². The Morgan fingerprint density at radius 3 is 2.88 bits per heavy atom. The van der Waals surface area contributed by atoms with Gasteiger partial charge in [-0.3, -0.25) is 0 Å². The van der Waals surface area contributed by atoms with Gasteiger partial charge in [-0.05, 0) is 24.6 Å². The maximum absolute atomic E-state index is 9.00. The van der Waals surface area contributed by atoms with Gasteiger partial charge < -0.3 is 10.4 Å². The van der Waals surface area contributed by atoms with Gasteiger partial charge in [0.2, 0.25) is 0 Å². The van der Waals surface area contributed by atoms with Crippen LogP contribution in [0.1, 0.15) is 12.5 Å². The summed E-state index contributed by atoms with van der Waals surface area (Å²) in [5.41, 5.74) is 1.21. The number of nitrogens with one attached hydrogen (secondary N) is 1. The van der Waals surface area contributed by atoms with Gasteiger partial charge in [-0.25, -0.2) is 0 Å². The molecule has 0 aliphatic carbocycles. The van der Waals surface area contributed by atoms with Crippen molar-refractivity contribution in [2.24, 2.45) is 5.92 Å². The third kappa shape index (κ3) is 3.98. The molecule has 2 N–H and O–H groups in total. The van der Waals surface area contributed by atoms with Crippen LogP contribution in [-0.2, 0) is 6.54 Å². The second-order valence-corrected chi connectivity index (χ2v) is 5.29. The van der Waals surface area contributed by atoms with E-state index in [0.717, 1.165) is 22.2 Å². The Morgan fingerprint density at radius 2 is 2.25 bits per heavy atom. The molecule has 0 aliphatic rings. The molecule has 0 bridgehead atoms. The van der Waals surface area contributed by atoms with E-state index in [-0.39, 0.29) is 6.61 Å². The summed E-state index contributed by atoms with van der Waals surface area (Å²) in [5, 5.41) is 12.9. The summed E-state index contributed by atoms with van der Waals surface area (Å²) in [5.74, 6) is 1.18. The monoisotopic (exact) mass is 259 g/mol. The second kappa shape index (κ2) is 7.17. The smallest absolute Gasteiger partial charge is 0.0545 e. The number of thioether (sulfide) groups is 1. The van der Waals surface area contributed by atoms with Crippen molar-refractivity contribution in [1.29, 1.82) is 0 Å². The van der Waals surface area contributed by atoms with Crippen LogP contribution in [0.4, 0.5) is 0 Å². The fraction of sp³-hybridized carbons (Fsp3) is 0.500. The average Bonchev–Trinajstić information content (AvgIpc) is 2.28. The van der Waals surface area contributed by atoms with Gasteiger partial charge in [0, 0.05) is 23.8 Å². The maximum atomic E-state index is 9.00. The van der Waals surface area contributed by atoms with Gasteiger partial charge in [-0.2, -0.15) is 0 Å². The van der Waals surface area contributed by atoms with E-state index in [1.807, 2.05) is 26.1 Å². The molecule has 1 rings (SSSR count). The average molecular weight is 260 g/mol. The molecule has 16 heavy (non-hydrogen) atoms. The minimum absolute atomic E-state index is 0.221. The number of rotatable bonds is 6. The number of aliphatic hydroxyl groups excluding tert-OH is 1. The molecular formula is C12H18ClNOS. The summed E-state index contributed by atoms with van der Waals surface area (Å²) in [6.45, 7) is 3.07. The zero-order chi connectivity index (χ0) is 12.0. The van der Waals surface area contributed by atoms with Crippen LogP contribution >= 0.6 is 23.4 Å². The lowest BCUT2D eigenvalue weighted by molar-refractivity contribution is 0.250. The molecule has 0 saturated heterocycles. The van der Waals surface area contributed by atoms with Crippen molar-refractivity contribution in [3.63, 3.8) is 0 Å². The van der Waals surface area contributed by atoms with E-state index in [9.17, 15) is 0 Å². The minimum Gasteiger partial charge on any atom is -0.396 e.